The highest BCUT2D eigenvalue weighted by Gasteiger charge is 2.14. The highest BCUT2D eigenvalue weighted by molar-refractivity contribution is 7.92. The van der Waals surface area contributed by atoms with Crippen LogP contribution >= 0.6 is 0 Å². The molecule has 0 aliphatic rings. The maximum Gasteiger partial charge on any atom is 0.261 e. The topological polar surface area (TPSA) is 92.4 Å². The van der Waals surface area contributed by atoms with Crippen LogP contribution in [-0.2, 0) is 10.0 Å². The largest absolute Gasteiger partial charge is 0.388 e. The van der Waals surface area contributed by atoms with E-state index in [0.717, 1.165) is 0 Å². The van der Waals surface area contributed by atoms with E-state index < -0.39 is 16.1 Å². The Labute approximate surface area is 124 Å². The van der Waals surface area contributed by atoms with Crippen molar-refractivity contribution in [1.82, 2.24) is 0 Å². The standard InChI is InChI=1S/C15H18N2O3S/c16-10-9-15(18)12-5-4-6-13(11-12)17-21(19,20)14-7-2-1-3-8-14/h1-8,11,15,17-18H,9-10,16H2. The highest BCUT2D eigenvalue weighted by Crippen LogP contribution is 2.22. The fourth-order valence-corrected chi connectivity index (χ4v) is 3.02. The summed E-state index contributed by atoms with van der Waals surface area (Å²) in [6.45, 7) is 0.362. The van der Waals surface area contributed by atoms with E-state index in [9.17, 15) is 13.5 Å². The predicted octanol–water partition coefficient (Wildman–Crippen LogP) is 1.87. The summed E-state index contributed by atoms with van der Waals surface area (Å²) in [5.41, 5.74) is 6.45. The summed E-state index contributed by atoms with van der Waals surface area (Å²) in [4.78, 5) is 0.193. The lowest BCUT2D eigenvalue weighted by atomic mass is 10.1. The molecule has 2 rings (SSSR count). The van der Waals surface area contributed by atoms with Crippen molar-refractivity contribution >= 4 is 15.7 Å². The number of anilines is 1. The van der Waals surface area contributed by atoms with E-state index in [1.165, 1.54) is 12.1 Å². The third-order valence-electron chi connectivity index (χ3n) is 3.02. The van der Waals surface area contributed by atoms with E-state index in [1.54, 1.807) is 42.5 Å². The molecule has 112 valence electrons. The highest BCUT2D eigenvalue weighted by atomic mass is 32.2. The first-order valence-corrected chi connectivity index (χ1v) is 8.07. The lowest BCUT2D eigenvalue weighted by Gasteiger charge is -2.12. The fourth-order valence-electron chi connectivity index (χ4n) is 1.95. The number of nitrogens with two attached hydrogens (primary N) is 1. The van der Waals surface area contributed by atoms with Gasteiger partial charge in [-0.15, -0.1) is 0 Å². The van der Waals surface area contributed by atoms with Crippen LogP contribution in [0, 0.1) is 0 Å². The van der Waals surface area contributed by atoms with Gasteiger partial charge in [0.15, 0.2) is 0 Å². The summed E-state index contributed by atoms with van der Waals surface area (Å²) in [7, 11) is -3.62. The number of nitrogens with one attached hydrogen (secondary N) is 1. The summed E-state index contributed by atoms with van der Waals surface area (Å²) in [6, 6.07) is 14.8. The van der Waals surface area contributed by atoms with Gasteiger partial charge in [-0.25, -0.2) is 8.42 Å². The predicted molar refractivity (Wildman–Crippen MR) is 82.3 cm³/mol. The van der Waals surface area contributed by atoms with E-state index in [2.05, 4.69) is 4.72 Å². The summed E-state index contributed by atoms with van der Waals surface area (Å²) < 4.78 is 26.9. The Morgan fingerprint density at radius 2 is 1.81 bits per heavy atom. The molecule has 0 amide bonds. The molecule has 0 radical (unpaired) electrons. The Bertz CT molecular complexity index is 687. The minimum atomic E-state index is -3.62. The Hall–Kier alpha value is -1.89. The quantitative estimate of drug-likeness (QED) is 0.759. The molecule has 5 nitrogen and oxygen atoms in total. The Morgan fingerprint density at radius 1 is 1.10 bits per heavy atom. The normalized spacial score (nSPS) is 12.9. The van der Waals surface area contributed by atoms with Crippen molar-refractivity contribution in [3.8, 4) is 0 Å². The molecule has 0 heterocycles. The van der Waals surface area contributed by atoms with Gasteiger partial charge >= 0.3 is 0 Å². The number of hydrogen-bond acceptors (Lipinski definition) is 4. The van der Waals surface area contributed by atoms with Crippen LogP contribution in [0.3, 0.4) is 0 Å². The lowest BCUT2D eigenvalue weighted by molar-refractivity contribution is 0.170. The van der Waals surface area contributed by atoms with E-state index >= 15 is 0 Å². The molecule has 1 unspecified atom stereocenters. The van der Waals surface area contributed by atoms with E-state index in [0.29, 0.717) is 24.2 Å². The van der Waals surface area contributed by atoms with Gasteiger partial charge in [0.1, 0.15) is 0 Å². The average molecular weight is 306 g/mol. The molecule has 2 aromatic carbocycles. The maximum atomic E-state index is 12.2. The van der Waals surface area contributed by atoms with Crippen LogP contribution in [-0.4, -0.2) is 20.1 Å². The third-order valence-corrected chi connectivity index (χ3v) is 4.41. The third kappa shape index (κ3) is 4.04. The molecule has 4 N–H and O–H groups in total. The second-order valence-electron chi connectivity index (χ2n) is 4.64. The monoisotopic (exact) mass is 306 g/mol. The van der Waals surface area contributed by atoms with Crippen LogP contribution in [0.25, 0.3) is 0 Å². The second-order valence-corrected chi connectivity index (χ2v) is 6.32. The van der Waals surface area contributed by atoms with Crippen molar-refractivity contribution in [3.05, 3.63) is 60.2 Å². The van der Waals surface area contributed by atoms with Crippen molar-refractivity contribution in [3.63, 3.8) is 0 Å². The van der Waals surface area contributed by atoms with Gasteiger partial charge in [0, 0.05) is 5.69 Å². The molecule has 0 aliphatic heterocycles. The van der Waals surface area contributed by atoms with E-state index in [-0.39, 0.29) is 4.90 Å². The van der Waals surface area contributed by atoms with Gasteiger partial charge in [0.2, 0.25) is 0 Å². The molecule has 0 saturated carbocycles. The molecule has 0 spiro atoms. The van der Waals surface area contributed by atoms with Crippen LogP contribution in [0.4, 0.5) is 5.69 Å². The zero-order chi connectivity index (χ0) is 15.3. The molecule has 21 heavy (non-hydrogen) atoms. The molecule has 0 aromatic heterocycles. The first-order valence-electron chi connectivity index (χ1n) is 6.59. The first kappa shape index (κ1) is 15.5. The van der Waals surface area contributed by atoms with Gasteiger partial charge in [-0.3, -0.25) is 4.72 Å². The number of rotatable bonds is 6. The average Bonchev–Trinajstić information content (AvgIpc) is 2.48. The van der Waals surface area contributed by atoms with Gasteiger partial charge < -0.3 is 10.8 Å². The summed E-state index contributed by atoms with van der Waals surface area (Å²) >= 11 is 0. The van der Waals surface area contributed by atoms with Crippen molar-refractivity contribution in [2.45, 2.75) is 17.4 Å². The molecule has 6 heteroatoms. The summed E-state index contributed by atoms with van der Waals surface area (Å²) in [6.07, 6.45) is -0.272. The molecule has 0 fully saturated rings. The smallest absolute Gasteiger partial charge is 0.261 e. The van der Waals surface area contributed by atoms with Crippen LogP contribution in [0.5, 0.6) is 0 Å². The van der Waals surface area contributed by atoms with Crippen LogP contribution in [0.1, 0.15) is 18.1 Å². The second kappa shape index (κ2) is 6.71. The van der Waals surface area contributed by atoms with Crippen LogP contribution in [0.2, 0.25) is 0 Å². The minimum Gasteiger partial charge on any atom is -0.388 e. The molecule has 0 saturated heterocycles. The van der Waals surface area contributed by atoms with Gasteiger partial charge in [-0.2, -0.15) is 0 Å². The van der Waals surface area contributed by atoms with Crippen molar-refractivity contribution in [1.29, 1.82) is 0 Å². The zero-order valence-corrected chi connectivity index (χ0v) is 12.3. The number of benzene rings is 2. The summed E-state index contributed by atoms with van der Waals surface area (Å²) in [5.74, 6) is 0. The molecule has 0 bridgehead atoms. The Balaban J connectivity index is 2.22. The minimum absolute atomic E-state index is 0.193. The van der Waals surface area contributed by atoms with Gasteiger partial charge in [-0.05, 0) is 42.8 Å². The van der Waals surface area contributed by atoms with E-state index in [4.69, 9.17) is 5.73 Å². The van der Waals surface area contributed by atoms with Crippen molar-refractivity contribution < 1.29 is 13.5 Å². The van der Waals surface area contributed by atoms with Crippen molar-refractivity contribution in [2.24, 2.45) is 5.73 Å². The van der Waals surface area contributed by atoms with Crippen LogP contribution in [0.15, 0.2) is 59.5 Å². The van der Waals surface area contributed by atoms with Crippen LogP contribution < -0.4 is 10.5 Å². The number of hydrogen-bond donors (Lipinski definition) is 3. The lowest BCUT2D eigenvalue weighted by Crippen LogP contribution is -2.13. The van der Waals surface area contributed by atoms with Gasteiger partial charge in [0.05, 0.1) is 11.0 Å². The first-order chi connectivity index (χ1) is 10.0. The molecular weight excluding hydrogens is 288 g/mol. The molecule has 0 aliphatic carbocycles. The SMILES string of the molecule is NCCC(O)c1cccc(NS(=O)(=O)c2ccccc2)c1. The molecular formula is C15H18N2O3S. The van der Waals surface area contributed by atoms with Gasteiger partial charge in [-0.1, -0.05) is 30.3 Å². The number of aliphatic hydroxyl groups is 1. The molecule has 1 atom stereocenters. The number of aliphatic hydroxyl groups excluding tert-OH is 1. The van der Waals surface area contributed by atoms with Gasteiger partial charge in [0.25, 0.3) is 10.0 Å². The maximum absolute atomic E-state index is 12.2. The fraction of sp³-hybridized carbons (Fsp3) is 0.200. The Kier molecular flexibility index (Phi) is 4.95. The van der Waals surface area contributed by atoms with E-state index in [1.807, 2.05) is 0 Å². The van der Waals surface area contributed by atoms with Crippen molar-refractivity contribution in [2.75, 3.05) is 11.3 Å². The Morgan fingerprint density at radius 3 is 2.48 bits per heavy atom. The molecule has 2 aromatic rings. The zero-order valence-electron chi connectivity index (χ0n) is 11.4. The summed E-state index contributed by atoms with van der Waals surface area (Å²) in [5, 5.41) is 9.90. The number of sulfonamides is 1.